The van der Waals surface area contributed by atoms with Crippen molar-refractivity contribution in [2.75, 3.05) is 46.1 Å². The lowest BCUT2D eigenvalue weighted by atomic mass is 9.99. The number of nitrogens with zero attached hydrogens (tertiary/aromatic N) is 1. The summed E-state index contributed by atoms with van der Waals surface area (Å²) in [7, 11) is 0. The van der Waals surface area contributed by atoms with Gasteiger partial charge < -0.3 is 14.8 Å². The number of likely N-dealkylation sites (N-methyl/N-ethyl adjacent to an activating group) is 1. The first-order valence-electron chi connectivity index (χ1n) is 9.91. The number of hydrogen-bond donors (Lipinski definition) is 1. The second-order valence-corrected chi connectivity index (χ2v) is 6.47. The standard InChI is InChI=1S/C19H32N2O2.C2H6/c1-4-20-7-9-22-11-12-23-10-8-21-14-18-6-5-17(16(2)3)13-19(18)15-21;1-2/h5-6,13,16,20H,4,7-12,14-15H2,1-3H3;1-2H3. The molecule has 0 fully saturated rings. The summed E-state index contributed by atoms with van der Waals surface area (Å²) in [4.78, 5) is 2.46. The smallest absolute Gasteiger partial charge is 0.0701 e. The van der Waals surface area contributed by atoms with E-state index in [4.69, 9.17) is 9.47 Å². The van der Waals surface area contributed by atoms with E-state index in [9.17, 15) is 0 Å². The molecule has 1 aromatic carbocycles. The van der Waals surface area contributed by atoms with E-state index in [1.807, 2.05) is 13.8 Å². The van der Waals surface area contributed by atoms with Crippen molar-refractivity contribution in [2.45, 2.75) is 53.6 Å². The minimum atomic E-state index is 0.602. The second kappa shape index (κ2) is 13.3. The molecule has 0 saturated heterocycles. The molecule has 25 heavy (non-hydrogen) atoms. The van der Waals surface area contributed by atoms with Crippen LogP contribution in [0.1, 0.15) is 57.2 Å². The van der Waals surface area contributed by atoms with Gasteiger partial charge in [0, 0.05) is 26.2 Å². The van der Waals surface area contributed by atoms with Crippen molar-refractivity contribution in [3.8, 4) is 0 Å². The van der Waals surface area contributed by atoms with E-state index in [1.54, 1.807) is 0 Å². The van der Waals surface area contributed by atoms with Crippen molar-refractivity contribution < 1.29 is 9.47 Å². The first kappa shape index (κ1) is 22.1. The Morgan fingerprint density at radius 1 is 1.00 bits per heavy atom. The molecule has 0 atom stereocenters. The summed E-state index contributed by atoms with van der Waals surface area (Å²) < 4.78 is 11.2. The molecule has 0 unspecified atom stereocenters. The molecule has 1 heterocycles. The molecule has 1 aliphatic heterocycles. The fourth-order valence-electron chi connectivity index (χ4n) is 2.84. The van der Waals surface area contributed by atoms with Crippen LogP contribution in [0.15, 0.2) is 18.2 Å². The van der Waals surface area contributed by atoms with Crippen LogP contribution < -0.4 is 5.32 Å². The zero-order valence-electron chi connectivity index (χ0n) is 16.9. The number of ether oxygens (including phenoxy) is 2. The number of benzene rings is 1. The fraction of sp³-hybridized carbons (Fsp3) is 0.714. The van der Waals surface area contributed by atoms with Gasteiger partial charge in [-0.25, -0.2) is 0 Å². The van der Waals surface area contributed by atoms with Crippen molar-refractivity contribution in [3.05, 3.63) is 34.9 Å². The van der Waals surface area contributed by atoms with Crippen LogP contribution in [0.3, 0.4) is 0 Å². The predicted molar refractivity (Wildman–Crippen MR) is 106 cm³/mol. The van der Waals surface area contributed by atoms with Gasteiger partial charge in [0.05, 0.1) is 26.4 Å². The Morgan fingerprint density at radius 2 is 1.68 bits per heavy atom. The van der Waals surface area contributed by atoms with E-state index in [-0.39, 0.29) is 0 Å². The highest BCUT2D eigenvalue weighted by Crippen LogP contribution is 2.26. The Kier molecular flexibility index (Phi) is 11.7. The third-order valence-corrected chi connectivity index (χ3v) is 4.28. The van der Waals surface area contributed by atoms with Gasteiger partial charge >= 0.3 is 0 Å². The van der Waals surface area contributed by atoms with Crippen molar-refractivity contribution in [3.63, 3.8) is 0 Å². The maximum absolute atomic E-state index is 5.68. The topological polar surface area (TPSA) is 33.7 Å². The van der Waals surface area contributed by atoms with Gasteiger partial charge in [-0.05, 0) is 29.2 Å². The second-order valence-electron chi connectivity index (χ2n) is 6.47. The lowest BCUT2D eigenvalue weighted by molar-refractivity contribution is 0.0392. The Hall–Kier alpha value is -0.940. The normalized spacial score (nSPS) is 13.7. The zero-order valence-corrected chi connectivity index (χ0v) is 16.9. The van der Waals surface area contributed by atoms with Crippen LogP contribution in [0, 0.1) is 0 Å². The molecule has 0 saturated carbocycles. The molecule has 0 bridgehead atoms. The van der Waals surface area contributed by atoms with Gasteiger partial charge in [0.15, 0.2) is 0 Å². The largest absolute Gasteiger partial charge is 0.378 e. The molecule has 4 heteroatoms. The van der Waals surface area contributed by atoms with E-state index in [1.165, 1.54) is 16.7 Å². The summed E-state index contributed by atoms with van der Waals surface area (Å²) in [5, 5.41) is 3.23. The summed E-state index contributed by atoms with van der Waals surface area (Å²) in [6, 6.07) is 6.94. The average molecular weight is 351 g/mol. The summed E-state index contributed by atoms with van der Waals surface area (Å²) in [5.74, 6) is 0.602. The van der Waals surface area contributed by atoms with Gasteiger partial charge in [-0.2, -0.15) is 0 Å². The van der Waals surface area contributed by atoms with Crippen LogP contribution in [0.25, 0.3) is 0 Å². The Bertz CT molecular complexity index is 463. The monoisotopic (exact) mass is 350 g/mol. The van der Waals surface area contributed by atoms with E-state index >= 15 is 0 Å². The predicted octanol–water partition coefficient (Wildman–Crippen LogP) is 3.79. The Labute approximate surface area is 154 Å². The van der Waals surface area contributed by atoms with Gasteiger partial charge in [-0.3, -0.25) is 4.90 Å². The highest BCUT2D eigenvalue weighted by Gasteiger charge is 2.19. The molecule has 0 aliphatic carbocycles. The highest BCUT2D eigenvalue weighted by molar-refractivity contribution is 5.35. The van der Waals surface area contributed by atoms with Crippen molar-refractivity contribution in [1.29, 1.82) is 0 Å². The van der Waals surface area contributed by atoms with Crippen LogP contribution in [0.4, 0.5) is 0 Å². The summed E-state index contributed by atoms with van der Waals surface area (Å²) in [6.45, 7) is 18.5. The summed E-state index contributed by atoms with van der Waals surface area (Å²) in [6.07, 6.45) is 0. The lowest BCUT2D eigenvalue weighted by Gasteiger charge is -2.14. The van der Waals surface area contributed by atoms with Crippen molar-refractivity contribution >= 4 is 0 Å². The molecule has 1 aromatic rings. The van der Waals surface area contributed by atoms with Crippen molar-refractivity contribution in [1.82, 2.24) is 10.2 Å². The summed E-state index contributed by atoms with van der Waals surface area (Å²) >= 11 is 0. The highest BCUT2D eigenvalue weighted by atomic mass is 16.5. The van der Waals surface area contributed by atoms with Gasteiger partial charge in [0.1, 0.15) is 0 Å². The number of fused-ring (bicyclic) bond motifs is 1. The quantitative estimate of drug-likeness (QED) is 0.616. The minimum absolute atomic E-state index is 0.602. The Morgan fingerprint density at radius 3 is 2.36 bits per heavy atom. The zero-order chi connectivity index (χ0) is 18.5. The first-order chi connectivity index (χ1) is 12.2. The Balaban J connectivity index is 0.00000151. The lowest BCUT2D eigenvalue weighted by Crippen LogP contribution is -2.23. The summed E-state index contributed by atoms with van der Waals surface area (Å²) in [5.41, 5.74) is 4.40. The minimum Gasteiger partial charge on any atom is -0.378 e. The van der Waals surface area contributed by atoms with E-state index in [0.717, 1.165) is 45.9 Å². The van der Waals surface area contributed by atoms with Gasteiger partial charge in [0.25, 0.3) is 0 Å². The number of hydrogen-bond acceptors (Lipinski definition) is 4. The van der Waals surface area contributed by atoms with E-state index in [2.05, 4.69) is 49.2 Å². The first-order valence-corrected chi connectivity index (χ1v) is 9.91. The number of rotatable bonds is 11. The van der Waals surface area contributed by atoms with Crippen LogP contribution in [0.2, 0.25) is 0 Å². The molecule has 0 amide bonds. The molecule has 2 rings (SSSR count). The maximum Gasteiger partial charge on any atom is 0.0701 e. The molecule has 0 aromatic heterocycles. The number of nitrogens with one attached hydrogen (secondary N) is 1. The van der Waals surface area contributed by atoms with Gasteiger partial charge in [-0.1, -0.05) is 52.8 Å². The molecular formula is C21H38N2O2. The van der Waals surface area contributed by atoms with Crippen LogP contribution in [-0.2, 0) is 22.6 Å². The fourth-order valence-corrected chi connectivity index (χ4v) is 2.84. The molecule has 1 N–H and O–H groups in total. The molecule has 4 nitrogen and oxygen atoms in total. The van der Waals surface area contributed by atoms with Crippen LogP contribution in [-0.4, -0.2) is 51.0 Å². The average Bonchev–Trinajstić information content (AvgIpc) is 3.04. The SMILES string of the molecule is CC.CCNCCOCCOCCN1Cc2ccc(C(C)C)cc2C1. The molecule has 1 aliphatic rings. The van der Waals surface area contributed by atoms with E-state index < -0.39 is 0 Å². The maximum atomic E-state index is 5.68. The molecule has 144 valence electrons. The van der Waals surface area contributed by atoms with E-state index in [0.29, 0.717) is 19.1 Å². The van der Waals surface area contributed by atoms with Crippen molar-refractivity contribution in [2.24, 2.45) is 0 Å². The third-order valence-electron chi connectivity index (χ3n) is 4.28. The van der Waals surface area contributed by atoms with Gasteiger partial charge in [-0.15, -0.1) is 0 Å². The van der Waals surface area contributed by atoms with Crippen LogP contribution in [0.5, 0.6) is 0 Å². The molecule has 0 spiro atoms. The van der Waals surface area contributed by atoms with Crippen LogP contribution >= 0.6 is 0 Å². The third kappa shape index (κ3) is 8.32. The molecular weight excluding hydrogens is 312 g/mol. The molecule has 0 radical (unpaired) electrons. The van der Waals surface area contributed by atoms with Gasteiger partial charge in [0.2, 0.25) is 0 Å².